The number of benzene rings is 1. The number of carboxylic acid groups (broad SMARTS) is 1. The predicted molar refractivity (Wildman–Crippen MR) is 106 cm³/mol. The zero-order valence-corrected chi connectivity index (χ0v) is 15.1. The van der Waals surface area contributed by atoms with E-state index in [0.29, 0.717) is 26.2 Å². The number of imidazole rings is 1. The summed E-state index contributed by atoms with van der Waals surface area (Å²) >= 11 is 0. The fourth-order valence-corrected chi connectivity index (χ4v) is 3.59. The van der Waals surface area contributed by atoms with E-state index in [9.17, 15) is 9.90 Å². The predicted octanol–water partition coefficient (Wildman–Crippen LogP) is 2.74. The zero-order valence-electron chi connectivity index (χ0n) is 15.1. The number of piperazine rings is 1. The molecule has 1 aromatic carbocycles. The van der Waals surface area contributed by atoms with Crippen molar-refractivity contribution < 1.29 is 9.90 Å². The number of fused-ring (bicyclic) bond motifs is 2. The quantitative estimate of drug-likeness (QED) is 0.581. The standard InChI is InChI=1S/C20H18N6O2/c27-20(28)25-9-7-24(8-10-25)19-23-17(12-18-21-5-6-26(18)19)15-11-14-3-1-2-4-16(14)22-13-15/h1-6,11-13H,7-10H2,(H,27,28). The van der Waals surface area contributed by atoms with Crippen LogP contribution >= 0.6 is 0 Å². The van der Waals surface area contributed by atoms with E-state index in [0.717, 1.165) is 33.8 Å². The summed E-state index contributed by atoms with van der Waals surface area (Å²) in [7, 11) is 0. The van der Waals surface area contributed by atoms with Crippen LogP contribution in [-0.4, -0.2) is 61.6 Å². The molecule has 1 amide bonds. The summed E-state index contributed by atoms with van der Waals surface area (Å²) in [5.41, 5.74) is 3.47. The second kappa shape index (κ2) is 6.49. The van der Waals surface area contributed by atoms with Gasteiger partial charge in [0.25, 0.3) is 0 Å². The van der Waals surface area contributed by atoms with Crippen LogP contribution in [0.25, 0.3) is 27.8 Å². The van der Waals surface area contributed by atoms with Gasteiger partial charge < -0.3 is 14.9 Å². The largest absolute Gasteiger partial charge is 0.465 e. The van der Waals surface area contributed by atoms with Gasteiger partial charge in [-0.25, -0.2) is 14.8 Å². The number of anilines is 1. The van der Waals surface area contributed by atoms with Gasteiger partial charge in [-0.3, -0.25) is 9.38 Å². The maximum atomic E-state index is 11.2. The van der Waals surface area contributed by atoms with E-state index in [-0.39, 0.29) is 0 Å². The van der Waals surface area contributed by atoms with E-state index in [4.69, 9.17) is 4.98 Å². The second-order valence-electron chi connectivity index (χ2n) is 6.77. The maximum Gasteiger partial charge on any atom is 0.407 e. The fraction of sp³-hybridized carbons (Fsp3) is 0.200. The molecule has 0 atom stereocenters. The van der Waals surface area contributed by atoms with Crippen LogP contribution < -0.4 is 4.90 Å². The molecular weight excluding hydrogens is 356 g/mol. The number of pyridine rings is 1. The summed E-state index contributed by atoms with van der Waals surface area (Å²) in [6.45, 7) is 2.09. The molecule has 1 saturated heterocycles. The van der Waals surface area contributed by atoms with Gasteiger partial charge >= 0.3 is 6.09 Å². The summed E-state index contributed by atoms with van der Waals surface area (Å²) in [5, 5.41) is 10.2. The van der Waals surface area contributed by atoms with Gasteiger partial charge in [0.05, 0.1) is 11.2 Å². The van der Waals surface area contributed by atoms with E-state index in [1.807, 2.05) is 47.1 Å². The lowest BCUT2D eigenvalue weighted by Crippen LogP contribution is -2.49. The van der Waals surface area contributed by atoms with Crippen LogP contribution in [-0.2, 0) is 0 Å². The van der Waals surface area contributed by atoms with Crippen molar-refractivity contribution in [3.63, 3.8) is 0 Å². The smallest absolute Gasteiger partial charge is 0.407 e. The fourth-order valence-electron chi connectivity index (χ4n) is 3.59. The molecule has 4 aromatic rings. The van der Waals surface area contributed by atoms with Crippen molar-refractivity contribution in [3.8, 4) is 11.3 Å². The van der Waals surface area contributed by atoms with Gasteiger partial charge in [0.1, 0.15) is 5.65 Å². The van der Waals surface area contributed by atoms with Crippen LogP contribution in [0.1, 0.15) is 0 Å². The SMILES string of the molecule is O=C(O)N1CCN(c2nc(-c3cnc4ccccc4c3)cc3nccn23)CC1. The Hall–Kier alpha value is -3.68. The highest BCUT2D eigenvalue weighted by Gasteiger charge is 2.23. The van der Waals surface area contributed by atoms with Crippen LogP contribution in [0.5, 0.6) is 0 Å². The number of hydrogen-bond donors (Lipinski definition) is 1. The van der Waals surface area contributed by atoms with E-state index in [1.54, 1.807) is 6.20 Å². The van der Waals surface area contributed by atoms with Crippen molar-refractivity contribution in [3.05, 3.63) is 55.0 Å². The molecule has 1 aliphatic rings. The minimum Gasteiger partial charge on any atom is -0.465 e. The normalized spacial score (nSPS) is 14.7. The topological polar surface area (TPSA) is 86.9 Å². The van der Waals surface area contributed by atoms with Crippen LogP contribution in [0.15, 0.2) is 55.0 Å². The number of rotatable bonds is 2. The number of carbonyl (C=O) groups is 1. The molecule has 0 unspecified atom stereocenters. The summed E-state index contributed by atoms with van der Waals surface area (Å²) in [6, 6.07) is 12.0. The first-order valence-electron chi connectivity index (χ1n) is 9.11. The van der Waals surface area contributed by atoms with Crippen LogP contribution in [0, 0.1) is 0 Å². The molecule has 5 rings (SSSR count). The van der Waals surface area contributed by atoms with E-state index < -0.39 is 6.09 Å². The number of hydrogen-bond acceptors (Lipinski definition) is 5. The second-order valence-corrected chi connectivity index (χ2v) is 6.77. The molecule has 0 spiro atoms. The molecule has 1 fully saturated rings. The molecule has 1 N–H and O–H groups in total. The van der Waals surface area contributed by atoms with Crippen LogP contribution in [0.3, 0.4) is 0 Å². The van der Waals surface area contributed by atoms with E-state index >= 15 is 0 Å². The third-order valence-corrected chi connectivity index (χ3v) is 5.09. The Bertz CT molecular complexity index is 1180. The van der Waals surface area contributed by atoms with Gasteiger partial charge in [-0.1, -0.05) is 18.2 Å². The molecule has 8 nitrogen and oxygen atoms in total. The zero-order chi connectivity index (χ0) is 19.1. The maximum absolute atomic E-state index is 11.2. The third-order valence-electron chi connectivity index (χ3n) is 5.09. The molecule has 140 valence electrons. The average Bonchev–Trinajstić information content (AvgIpc) is 3.21. The molecule has 0 radical (unpaired) electrons. The van der Waals surface area contributed by atoms with Crippen molar-refractivity contribution in [2.45, 2.75) is 0 Å². The Labute approximate surface area is 160 Å². The summed E-state index contributed by atoms with van der Waals surface area (Å²) < 4.78 is 1.94. The minimum absolute atomic E-state index is 0.453. The van der Waals surface area contributed by atoms with Gasteiger partial charge in [0.2, 0.25) is 5.95 Å². The Balaban J connectivity index is 1.56. The number of amides is 1. The number of nitrogens with zero attached hydrogens (tertiary/aromatic N) is 6. The molecule has 0 aliphatic carbocycles. The van der Waals surface area contributed by atoms with Gasteiger partial charge in [0.15, 0.2) is 0 Å². The summed E-state index contributed by atoms with van der Waals surface area (Å²) in [5.74, 6) is 0.767. The molecule has 8 heteroatoms. The van der Waals surface area contributed by atoms with Crippen molar-refractivity contribution in [1.29, 1.82) is 0 Å². The molecule has 0 bridgehead atoms. The van der Waals surface area contributed by atoms with Crippen molar-refractivity contribution in [1.82, 2.24) is 24.3 Å². The van der Waals surface area contributed by atoms with E-state index in [1.165, 1.54) is 4.90 Å². The average molecular weight is 374 g/mol. The van der Waals surface area contributed by atoms with Crippen LogP contribution in [0.4, 0.5) is 10.7 Å². The summed E-state index contributed by atoms with van der Waals surface area (Å²) in [6.07, 6.45) is 4.58. The highest BCUT2D eigenvalue weighted by atomic mass is 16.4. The number of aromatic nitrogens is 4. The van der Waals surface area contributed by atoms with Crippen molar-refractivity contribution in [2.24, 2.45) is 0 Å². The lowest BCUT2D eigenvalue weighted by atomic mass is 10.1. The van der Waals surface area contributed by atoms with Crippen LogP contribution in [0.2, 0.25) is 0 Å². The van der Waals surface area contributed by atoms with Gasteiger partial charge in [-0.2, -0.15) is 0 Å². The van der Waals surface area contributed by atoms with Crippen molar-refractivity contribution in [2.75, 3.05) is 31.1 Å². The summed E-state index contributed by atoms with van der Waals surface area (Å²) in [4.78, 5) is 28.6. The molecule has 0 saturated carbocycles. The lowest BCUT2D eigenvalue weighted by molar-refractivity contribution is 0.142. The molecule has 4 heterocycles. The minimum atomic E-state index is -0.878. The van der Waals surface area contributed by atoms with Gasteiger partial charge in [0, 0.05) is 61.8 Å². The Morgan fingerprint density at radius 1 is 1.04 bits per heavy atom. The van der Waals surface area contributed by atoms with Crippen molar-refractivity contribution >= 4 is 28.6 Å². The Morgan fingerprint density at radius 3 is 2.68 bits per heavy atom. The van der Waals surface area contributed by atoms with Gasteiger partial charge in [-0.15, -0.1) is 0 Å². The third kappa shape index (κ3) is 2.79. The molecule has 28 heavy (non-hydrogen) atoms. The first-order chi connectivity index (χ1) is 13.7. The first-order valence-corrected chi connectivity index (χ1v) is 9.11. The molecule has 1 aliphatic heterocycles. The monoisotopic (exact) mass is 374 g/mol. The Morgan fingerprint density at radius 2 is 1.86 bits per heavy atom. The highest BCUT2D eigenvalue weighted by Crippen LogP contribution is 2.26. The van der Waals surface area contributed by atoms with Gasteiger partial charge in [-0.05, 0) is 12.1 Å². The number of para-hydroxylation sites is 1. The highest BCUT2D eigenvalue weighted by molar-refractivity contribution is 5.83. The molecule has 3 aromatic heterocycles. The Kier molecular flexibility index (Phi) is 3.82. The lowest BCUT2D eigenvalue weighted by Gasteiger charge is -2.34. The molecular formula is C20H18N6O2. The van der Waals surface area contributed by atoms with E-state index in [2.05, 4.69) is 20.9 Å². The first kappa shape index (κ1) is 16.5.